The Morgan fingerprint density at radius 3 is 2.83 bits per heavy atom. The predicted octanol–water partition coefficient (Wildman–Crippen LogP) is 1.98. The van der Waals surface area contributed by atoms with Crippen molar-refractivity contribution in [1.82, 2.24) is 10.2 Å². The van der Waals surface area contributed by atoms with Gasteiger partial charge in [-0.3, -0.25) is 9.89 Å². The molecule has 24 heavy (non-hydrogen) atoms. The van der Waals surface area contributed by atoms with E-state index in [4.69, 9.17) is 14.6 Å². The number of aromatic nitrogens is 2. The number of carbonyl (C=O) groups is 2. The molecule has 0 aliphatic carbocycles. The maximum atomic E-state index is 12.2. The molecule has 1 saturated heterocycles. The van der Waals surface area contributed by atoms with Crippen LogP contribution in [0.2, 0.25) is 0 Å². The Morgan fingerprint density at radius 1 is 1.38 bits per heavy atom. The van der Waals surface area contributed by atoms with E-state index in [9.17, 15) is 9.59 Å². The molecule has 2 heterocycles. The van der Waals surface area contributed by atoms with Gasteiger partial charge in [0, 0.05) is 18.2 Å². The SMILES string of the molecule is O=C(O)COc1ccc(C(=O)Nc2cc(C3CCCO3)[nH]n2)cc1. The lowest BCUT2D eigenvalue weighted by Gasteiger charge is -2.05. The Hall–Kier alpha value is -2.87. The minimum absolute atomic E-state index is 0.00817. The molecule has 8 nitrogen and oxygen atoms in total. The summed E-state index contributed by atoms with van der Waals surface area (Å²) < 4.78 is 10.6. The van der Waals surface area contributed by atoms with E-state index in [0.717, 1.165) is 25.1 Å². The lowest BCUT2D eigenvalue weighted by atomic mass is 10.2. The number of aliphatic carboxylic acids is 1. The van der Waals surface area contributed by atoms with Crippen LogP contribution in [0.4, 0.5) is 5.82 Å². The summed E-state index contributed by atoms with van der Waals surface area (Å²) in [5, 5.41) is 18.2. The van der Waals surface area contributed by atoms with Crippen molar-refractivity contribution in [3.63, 3.8) is 0 Å². The molecular weight excluding hydrogens is 314 g/mol. The molecule has 0 radical (unpaired) electrons. The van der Waals surface area contributed by atoms with Crippen molar-refractivity contribution in [2.24, 2.45) is 0 Å². The lowest BCUT2D eigenvalue weighted by Crippen LogP contribution is -2.12. The van der Waals surface area contributed by atoms with Crippen molar-refractivity contribution >= 4 is 17.7 Å². The van der Waals surface area contributed by atoms with E-state index in [1.165, 1.54) is 0 Å². The highest BCUT2D eigenvalue weighted by Crippen LogP contribution is 2.28. The van der Waals surface area contributed by atoms with Gasteiger partial charge in [-0.15, -0.1) is 0 Å². The average Bonchev–Trinajstić information content (AvgIpc) is 3.24. The van der Waals surface area contributed by atoms with Crippen LogP contribution in [0.5, 0.6) is 5.75 Å². The minimum Gasteiger partial charge on any atom is -0.482 e. The van der Waals surface area contributed by atoms with E-state index in [2.05, 4.69) is 15.5 Å². The topological polar surface area (TPSA) is 114 Å². The second-order valence-electron chi connectivity index (χ2n) is 5.37. The number of carboxylic acid groups (broad SMARTS) is 1. The molecule has 0 bridgehead atoms. The van der Waals surface area contributed by atoms with Gasteiger partial charge in [0.05, 0.1) is 11.8 Å². The van der Waals surface area contributed by atoms with Crippen molar-refractivity contribution in [3.05, 3.63) is 41.6 Å². The summed E-state index contributed by atoms with van der Waals surface area (Å²) in [7, 11) is 0. The van der Waals surface area contributed by atoms with E-state index in [1.54, 1.807) is 30.3 Å². The molecule has 1 aliphatic rings. The highest BCUT2D eigenvalue weighted by Gasteiger charge is 2.20. The first-order valence-corrected chi connectivity index (χ1v) is 7.55. The number of rotatable bonds is 6. The molecule has 1 atom stereocenters. The fourth-order valence-corrected chi connectivity index (χ4v) is 2.42. The summed E-state index contributed by atoms with van der Waals surface area (Å²) in [6.07, 6.45) is 1.96. The van der Waals surface area contributed by atoms with E-state index in [-0.39, 0.29) is 12.0 Å². The molecule has 126 valence electrons. The number of carbonyl (C=O) groups excluding carboxylic acids is 1. The Kier molecular flexibility index (Phi) is 4.76. The van der Waals surface area contributed by atoms with Gasteiger partial charge in [-0.1, -0.05) is 0 Å². The van der Waals surface area contributed by atoms with Gasteiger partial charge in [-0.2, -0.15) is 5.10 Å². The number of amides is 1. The van der Waals surface area contributed by atoms with Gasteiger partial charge in [0.15, 0.2) is 12.4 Å². The van der Waals surface area contributed by atoms with Crippen molar-refractivity contribution in [3.8, 4) is 5.75 Å². The van der Waals surface area contributed by atoms with Crippen LogP contribution in [-0.4, -0.2) is 40.4 Å². The van der Waals surface area contributed by atoms with Crippen molar-refractivity contribution in [1.29, 1.82) is 0 Å². The van der Waals surface area contributed by atoms with Crippen molar-refractivity contribution in [2.45, 2.75) is 18.9 Å². The standard InChI is InChI=1S/C16H17N3O5/c20-15(21)9-24-11-5-3-10(4-6-11)16(22)17-14-8-12(18-19-14)13-2-1-7-23-13/h3-6,8,13H,1-2,7,9H2,(H,20,21)(H2,17,18,19,22). The highest BCUT2D eigenvalue weighted by molar-refractivity contribution is 6.03. The number of benzene rings is 1. The van der Waals surface area contributed by atoms with Gasteiger partial charge < -0.3 is 19.9 Å². The summed E-state index contributed by atoms with van der Waals surface area (Å²) in [6, 6.07) is 7.96. The summed E-state index contributed by atoms with van der Waals surface area (Å²) >= 11 is 0. The predicted molar refractivity (Wildman–Crippen MR) is 84.0 cm³/mol. The molecule has 3 rings (SSSR count). The zero-order chi connectivity index (χ0) is 16.9. The van der Waals surface area contributed by atoms with Crippen LogP contribution in [0.3, 0.4) is 0 Å². The molecule has 0 saturated carbocycles. The number of carboxylic acids is 1. The van der Waals surface area contributed by atoms with Gasteiger partial charge >= 0.3 is 5.97 Å². The molecule has 8 heteroatoms. The van der Waals surface area contributed by atoms with Gasteiger partial charge in [0.2, 0.25) is 0 Å². The fraction of sp³-hybridized carbons (Fsp3) is 0.312. The van der Waals surface area contributed by atoms with E-state index >= 15 is 0 Å². The summed E-state index contributed by atoms with van der Waals surface area (Å²) in [6.45, 7) is 0.312. The molecule has 1 aliphatic heterocycles. The van der Waals surface area contributed by atoms with E-state index < -0.39 is 12.6 Å². The molecular formula is C16H17N3O5. The molecule has 2 aromatic rings. The summed E-state index contributed by atoms with van der Waals surface area (Å²) in [5.41, 5.74) is 1.26. The largest absolute Gasteiger partial charge is 0.482 e. The lowest BCUT2D eigenvalue weighted by molar-refractivity contribution is -0.139. The Bertz CT molecular complexity index is 720. The first-order chi connectivity index (χ1) is 11.6. The van der Waals surface area contributed by atoms with Crippen molar-refractivity contribution in [2.75, 3.05) is 18.5 Å². The minimum atomic E-state index is -1.06. The Morgan fingerprint density at radius 2 is 2.17 bits per heavy atom. The quantitative estimate of drug-likeness (QED) is 0.746. The first kappa shape index (κ1) is 16.0. The number of hydrogen-bond acceptors (Lipinski definition) is 5. The number of H-pyrrole nitrogens is 1. The maximum Gasteiger partial charge on any atom is 0.341 e. The van der Waals surface area contributed by atoms with Crippen LogP contribution >= 0.6 is 0 Å². The smallest absolute Gasteiger partial charge is 0.341 e. The number of nitrogens with one attached hydrogen (secondary N) is 2. The third kappa shape index (κ3) is 3.90. The van der Waals surface area contributed by atoms with Crippen molar-refractivity contribution < 1.29 is 24.2 Å². The Labute approximate surface area is 137 Å². The fourth-order valence-electron chi connectivity index (χ4n) is 2.42. The molecule has 3 N–H and O–H groups in total. The van der Waals surface area contributed by atoms with Gasteiger partial charge in [0.25, 0.3) is 5.91 Å². The Balaban J connectivity index is 1.59. The van der Waals surface area contributed by atoms with E-state index in [0.29, 0.717) is 17.1 Å². The van der Waals surface area contributed by atoms with Crippen LogP contribution in [-0.2, 0) is 9.53 Å². The molecule has 0 spiro atoms. The second kappa shape index (κ2) is 7.14. The molecule has 1 unspecified atom stereocenters. The van der Waals surface area contributed by atoms with Crippen LogP contribution in [0.25, 0.3) is 0 Å². The molecule has 1 amide bonds. The van der Waals surface area contributed by atoms with Crippen LogP contribution < -0.4 is 10.1 Å². The first-order valence-electron chi connectivity index (χ1n) is 7.55. The number of nitrogens with zero attached hydrogens (tertiary/aromatic N) is 1. The number of ether oxygens (including phenoxy) is 2. The monoisotopic (exact) mass is 331 g/mol. The van der Waals surface area contributed by atoms with Gasteiger partial charge in [-0.25, -0.2) is 4.79 Å². The third-order valence-electron chi connectivity index (χ3n) is 3.59. The molecule has 1 aromatic carbocycles. The second-order valence-corrected chi connectivity index (χ2v) is 5.37. The molecule has 1 aromatic heterocycles. The number of anilines is 1. The normalized spacial score (nSPS) is 16.8. The van der Waals surface area contributed by atoms with Crippen LogP contribution in [0.1, 0.15) is 35.0 Å². The third-order valence-corrected chi connectivity index (χ3v) is 3.59. The molecule has 1 fully saturated rings. The van der Waals surface area contributed by atoms with Crippen LogP contribution in [0, 0.1) is 0 Å². The van der Waals surface area contributed by atoms with Crippen LogP contribution in [0.15, 0.2) is 30.3 Å². The average molecular weight is 331 g/mol. The highest BCUT2D eigenvalue weighted by atomic mass is 16.5. The maximum absolute atomic E-state index is 12.2. The summed E-state index contributed by atoms with van der Waals surface area (Å²) in [5.74, 6) is -0.561. The van der Waals surface area contributed by atoms with E-state index in [1.807, 2.05) is 0 Å². The van der Waals surface area contributed by atoms with Gasteiger partial charge in [-0.05, 0) is 37.1 Å². The summed E-state index contributed by atoms with van der Waals surface area (Å²) in [4.78, 5) is 22.6. The zero-order valence-corrected chi connectivity index (χ0v) is 12.8. The zero-order valence-electron chi connectivity index (χ0n) is 12.8. The number of hydrogen-bond donors (Lipinski definition) is 3. The number of aromatic amines is 1. The van der Waals surface area contributed by atoms with Gasteiger partial charge in [0.1, 0.15) is 5.75 Å².